The van der Waals surface area contributed by atoms with E-state index in [9.17, 15) is 18.4 Å². The van der Waals surface area contributed by atoms with Crippen LogP contribution >= 0.6 is 0 Å². The predicted molar refractivity (Wildman–Crippen MR) is 74.4 cm³/mol. The van der Waals surface area contributed by atoms with Gasteiger partial charge in [0.1, 0.15) is 11.8 Å². The van der Waals surface area contributed by atoms with Gasteiger partial charge in [0.05, 0.1) is 19.3 Å². The van der Waals surface area contributed by atoms with Gasteiger partial charge in [-0.25, -0.2) is 13.6 Å². The number of carbonyl (C=O) groups excluding carboxylic acids is 2. The fourth-order valence-corrected chi connectivity index (χ4v) is 2.17. The van der Waals surface area contributed by atoms with Crippen molar-refractivity contribution >= 4 is 17.6 Å². The van der Waals surface area contributed by atoms with E-state index < -0.39 is 36.9 Å². The lowest BCUT2D eigenvalue weighted by atomic mass is 10.2. The van der Waals surface area contributed by atoms with Crippen LogP contribution in [0.4, 0.5) is 19.3 Å². The molecule has 9 heteroatoms. The second-order valence-electron chi connectivity index (χ2n) is 4.88. The fourth-order valence-electron chi connectivity index (χ4n) is 2.17. The lowest BCUT2D eigenvalue weighted by Crippen LogP contribution is -2.49. The van der Waals surface area contributed by atoms with Crippen molar-refractivity contribution < 1.29 is 23.1 Å². The summed E-state index contributed by atoms with van der Waals surface area (Å²) in [5.41, 5.74) is 10.4. The van der Waals surface area contributed by atoms with Crippen molar-refractivity contribution in [3.8, 4) is 5.75 Å². The normalized spacial score (nSPS) is 19.6. The molecule has 2 rings (SSSR count). The Kier molecular flexibility index (Phi) is 4.34. The largest absolute Gasteiger partial charge is 0.497 e. The van der Waals surface area contributed by atoms with Gasteiger partial charge in [-0.1, -0.05) is 0 Å². The standard InChI is InChI=1S/C13H16F2N4O3/c1-22-9-4-2-8(3-5-9)17-18-11(20)10-6-13(14,15)7-19(10)12(16)21/h2-5,10,17H,6-7H2,1H3,(H2,16,21)(H,18,20). The van der Waals surface area contributed by atoms with Crippen LogP contribution in [0.25, 0.3) is 0 Å². The highest BCUT2D eigenvalue weighted by Crippen LogP contribution is 2.31. The maximum atomic E-state index is 13.3. The number of halogens is 2. The van der Waals surface area contributed by atoms with Crippen LogP contribution in [0.1, 0.15) is 6.42 Å². The van der Waals surface area contributed by atoms with E-state index in [-0.39, 0.29) is 0 Å². The van der Waals surface area contributed by atoms with Crippen LogP contribution in [0.3, 0.4) is 0 Å². The summed E-state index contributed by atoms with van der Waals surface area (Å²) in [4.78, 5) is 23.8. The molecule has 0 radical (unpaired) electrons. The molecule has 1 heterocycles. The van der Waals surface area contributed by atoms with Crippen molar-refractivity contribution in [1.29, 1.82) is 0 Å². The number of nitrogens with zero attached hydrogens (tertiary/aromatic N) is 1. The molecule has 3 amide bonds. The number of methoxy groups -OCH3 is 1. The molecule has 0 aliphatic carbocycles. The Morgan fingerprint density at radius 1 is 1.36 bits per heavy atom. The maximum absolute atomic E-state index is 13.3. The molecule has 4 N–H and O–H groups in total. The first-order valence-electron chi connectivity index (χ1n) is 6.46. The Morgan fingerprint density at radius 2 is 2.00 bits per heavy atom. The molecule has 1 saturated heterocycles. The lowest BCUT2D eigenvalue weighted by Gasteiger charge is -2.21. The predicted octanol–water partition coefficient (Wildman–Crippen LogP) is 0.927. The number of nitrogens with two attached hydrogens (primary N) is 1. The Hall–Kier alpha value is -2.58. The van der Waals surface area contributed by atoms with Gasteiger partial charge in [-0.05, 0) is 24.3 Å². The van der Waals surface area contributed by atoms with E-state index in [0.717, 1.165) is 0 Å². The molecule has 1 aromatic rings. The molecule has 0 spiro atoms. The lowest BCUT2D eigenvalue weighted by molar-refractivity contribution is -0.124. The van der Waals surface area contributed by atoms with Crippen molar-refractivity contribution in [3.63, 3.8) is 0 Å². The number of benzene rings is 1. The number of anilines is 1. The van der Waals surface area contributed by atoms with Crippen molar-refractivity contribution in [2.75, 3.05) is 19.1 Å². The van der Waals surface area contributed by atoms with Crippen molar-refractivity contribution in [1.82, 2.24) is 10.3 Å². The molecule has 0 aromatic heterocycles. The zero-order valence-electron chi connectivity index (χ0n) is 11.8. The Balaban J connectivity index is 1.97. The summed E-state index contributed by atoms with van der Waals surface area (Å²) < 4.78 is 31.7. The van der Waals surface area contributed by atoms with Crippen molar-refractivity contribution in [3.05, 3.63) is 24.3 Å². The summed E-state index contributed by atoms with van der Waals surface area (Å²) in [5.74, 6) is -3.25. The molecule has 1 fully saturated rings. The number of hydrazine groups is 1. The summed E-state index contributed by atoms with van der Waals surface area (Å²) >= 11 is 0. The van der Waals surface area contributed by atoms with Gasteiger partial charge in [-0.3, -0.25) is 15.6 Å². The number of alkyl halides is 2. The number of likely N-dealkylation sites (tertiary alicyclic amines) is 1. The monoisotopic (exact) mass is 314 g/mol. The van der Waals surface area contributed by atoms with Crippen LogP contribution in [0, 0.1) is 0 Å². The van der Waals surface area contributed by atoms with E-state index >= 15 is 0 Å². The highest BCUT2D eigenvalue weighted by Gasteiger charge is 2.49. The Labute approximate surface area is 125 Å². The number of hydrogen-bond acceptors (Lipinski definition) is 4. The molecule has 1 atom stereocenters. The number of hydrogen-bond donors (Lipinski definition) is 3. The van der Waals surface area contributed by atoms with Gasteiger partial charge in [0.15, 0.2) is 0 Å². The average Bonchev–Trinajstić information content (AvgIpc) is 2.81. The van der Waals surface area contributed by atoms with Crippen molar-refractivity contribution in [2.24, 2.45) is 5.73 Å². The van der Waals surface area contributed by atoms with Gasteiger partial charge in [0, 0.05) is 6.42 Å². The van der Waals surface area contributed by atoms with Crippen LogP contribution in [-0.2, 0) is 4.79 Å². The van der Waals surface area contributed by atoms with Crippen LogP contribution < -0.4 is 21.3 Å². The minimum atomic E-state index is -3.13. The van der Waals surface area contributed by atoms with Gasteiger partial charge in [-0.15, -0.1) is 0 Å². The third-order valence-electron chi connectivity index (χ3n) is 3.28. The molecule has 1 aliphatic heterocycles. The van der Waals surface area contributed by atoms with E-state index in [4.69, 9.17) is 10.5 Å². The maximum Gasteiger partial charge on any atom is 0.315 e. The quantitative estimate of drug-likeness (QED) is 0.720. The summed E-state index contributed by atoms with van der Waals surface area (Å²) in [5, 5.41) is 0. The first-order chi connectivity index (χ1) is 10.3. The zero-order valence-corrected chi connectivity index (χ0v) is 11.8. The van der Waals surface area contributed by atoms with E-state index in [2.05, 4.69) is 10.9 Å². The highest BCUT2D eigenvalue weighted by atomic mass is 19.3. The van der Waals surface area contributed by atoms with Crippen LogP contribution in [0.2, 0.25) is 0 Å². The van der Waals surface area contributed by atoms with Gasteiger partial charge < -0.3 is 15.4 Å². The van der Waals surface area contributed by atoms with Gasteiger partial charge in [0.2, 0.25) is 0 Å². The van der Waals surface area contributed by atoms with Crippen LogP contribution in [0.15, 0.2) is 24.3 Å². The van der Waals surface area contributed by atoms with E-state index in [1.807, 2.05) is 0 Å². The minimum Gasteiger partial charge on any atom is -0.497 e. The van der Waals surface area contributed by atoms with Crippen LogP contribution in [-0.4, -0.2) is 42.5 Å². The van der Waals surface area contributed by atoms with Gasteiger partial charge >= 0.3 is 6.03 Å². The number of urea groups is 1. The van der Waals surface area contributed by atoms with Crippen molar-refractivity contribution in [2.45, 2.75) is 18.4 Å². The molecule has 120 valence electrons. The van der Waals surface area contributed by atoms with Crippen LogP contribution in [0.5, 0.6) is 5.75 Å². The first-order valence-corrected chi connectivity index (χ1v) is 6.46. The first kappa shape index (κ1) is 15.8. The topological polar surface area (TPSA) is 96.7 Å². The molecule has 1 aromatic carbocycles. The fraction of sp³-hybridized carbons (Fsp3) is 0.385. The number of ether oxygens (including phenoxy) is 1. The third-order valence-corrected chi connectivity index (χ3v) is 3.28. The van der Waals surface area contributed by atoms with E-state index in [0.29, 0.717) is 16.3 Å². The molecular formula is C13H16F2N4O3. The Bertz CT molecular complexity index is 565. The number of rotatable bonds is 4. The highest BCUT2D eigenvalue weighted by molar-refractivity contribution is 5.88. The average molecular weight is 314 g/mol. The number of carbonyl (C=O) groups is 2. The number of primary amides is 1. The smallest absolute Gasteiger partial charge is 0.315 e. The summed E-state index contributed by atoms with van der Waals surface area (Å²) in [7, 11) is 1.52. The number of amides is 3. The Morgan fingerprint density at radius 3 is 2.55 bits per heavy atom. The molecule has 0 bridgehead atoms. The summed E-state index contributed by atoms with van der Waals surface area (Å²) in [6, 6.07) is 4.23. The molecular weight excluding hydrogens is 298 g/mol. The third kappa shape index (κ3) is 3.54. The minimum absolute atomic E-state index is 0.532. The second kappa shape index (κ2) is 6.04. The molecule has 0 saturated carbocycles. The number of nitrogens with one attached hydrogen (secondary N) is 2. The summed E-state index contributed by atoms with van der Waals surface area (Å²) in [6.07, 6.45) is -0.758. The molecule has 1 unspecified atom stereocenters. The molecule has 22 heavy (non-hydrogen) atoms. The SMILES string of the molecule is COc1ccc(NNC(=O)C2CC(F)(F)CN2C(N)=O)cc1. The van der Waals surface area contributed by atoms with Gasteiger partial charge in [0.25, 0.3) is 11.8 Å². The molecule has 1 aliphatic rings. The second-order valence-corrected chi connectivity index (χ2v) is 4.88. The van der Waals surface area contributed by atoms with Gasteiger partial charge in [-0.2, -0.15) is 0 Å². The van der Waals surface area contributed by atoms with E-state index in [1.54, 1.807) is 24.3 Å². The summed E-state index contributed by atoms with van der Waals surface area (Å²) in [6.45, 7) is -0.858. The van der Waals surface area contributed by atoms with E-state index in [1.165, 1.54) is 7.11 Å². The molecule has 7 nitrogen and oxygen atoms in total. The zero-order chi connectivity index (χ0) is 16.3.